The lowest BCUT2D eigenvalue weighted by molar-refractivity contribution is -0.161. The van der Waals surface area contributed by atoms with Crippen LogP contribution in [0.5, 0.6) is 0 Å². The fourth-order valence-electron chi connectivity index (χ4n) is 11.2. The molecule has 0 N–H and O–H groups in total. The van der Waals surface area contributed by atoms with Crippen molar-refractivity contribution in [2.75, 3.05) is 6.54 Å². The monoisotopic (exact) mass is 591 g/mol. The van der Waals surface area contributed by atoms with Gasteiger partial charge in [-0.05, 0) is 110 Å². The number of Topliss-reactive ketones (excluding diaryl/α,β-unsaturated/α-hetero) is 1. The van der Waals surface area contributed by atoms with E-state index in [9.17, 15) is 14.4 Å². The number of ether oxygens (including phenoxy) is 2. The van der Waals surface area contributed by atoms with Gasteiger partial charge in [-0.25, -0.2) is 4.79 Å². The van der Waals surface area contributed by atoms with E-state index in [-0.39, 0.29) is 53.5 Å². The summed E-state index contributed by atoms with van der Waals surface area (Å²) in [5, 5.41) is 0. The summed E-state index contributed by atoms with van der Waals surface area (Å²) in [4.78, 5) is 41.2. The first kappa shape index (κ1) is 30.6. The maximum Gasteiger partial charge on any atom is 0.410 e. The molecule has 6 rings (SSSR count). The Hall–Kier alpha value is -2.37. The molecule has 0 bridgehead atoms. The molecule has 4 aliphatic carbocycles. The lowest BCUT2D eigenvalue weighted by Gasteiger charge is -2.61. The van der Waals surface area contributed by atoms with Crippen molar-refractivity contribution < 1.29 is 23.9 Å². The van der Waals surface area contributed by atoms with Crippen molar-refractivity contribution in [3.05, 3.63) is 35.9 Å². The second kappa shape index (κ2) is 11.9. The Morgan fingerprint density at radius 2 is 1.72 bits per heavy atom. The number of ketones is 1. The van der Waals surface area contributed by atoms with Crippen molar-refractivity contribution in [3.8, 4) is 0 Å². The van der Waals surface area contributed by atoms with Gasteiger partial charge in [0.15, 0.2) is 0 Å². The third-order valence-electron chi connectivity index (χ3n) is 13.3. The molecule has 0 radical (unpaired) electrons. The van der Waals surface area contributed by atoms with Crippen molar-refractivity contribution >= 4 is 17.8 Å². The van der Waals surface area contributed by atoms with E-state index in [0.717, 1.165) is 44.1 Å². The van der Waals surface area contributed by atoms with Crippen LogP contribution in [0.4, 0.5) is 4.79 Å². The molecule has 236 valence electrons. The number of carbonyl (C=O) groups is 3. The number of likely N-dealkylation sites (tertiary alicyclic amines) is 1. The molecule has 1 saturated heterocycles. The largest absolute Gasteiger partial charge is 0.463 e. The molecule has 1 amide bonds. The molecule has 1 aromatic carbocycles. The minimum absolute atomic E-state index is 0.00786. The van der Waals surface area contributed by atoms with Crippen molar-refractivity contribution in [2.24, 2.45) is 52.3 Å². The van der Waals surface area contributed by atoms with E-state index in [0.29, 0.717) is 48.3 Å². The van der Waals surface area contributed by atoms with Gasteiger partial charge in [-0.2, -0.15) is 0 Å². The maximum absolute atomic E-state index is 14.1. The summed E-state index contributed by atoms with van der Waals surface area (Å²) < 4.78 is 11.5. The SMILES string of the molecule is CC(=O)OC1CC[C@@]2(C)C(CC[C@@H]3[C@@H]2CC[C@]2(C)C(C(C)C4CCC(C)CN4C(=O)OCc4ccccc4)C(=O)C[C@@H]32)C1. The minimum atomic E-state index is -0.237. The fourth-order valence-corrected chi connectivity index (χ4v) is 11.2. The molecular formula is C37H53NO5. The summed E-state index contributed by atoms with van der Waals surface area (Å²) in [6.07, 6.45) is 10.3. The Balaban J connectivity index is 1.18. The number of rotatable bonds is 5. The van der Waals surface area contributed by atoms with Crippen LogP contribution >= 0.6 is 0 Å². The first-order valence-electron chi connectivity index (χ1n) is 17.2. The number of piperidine rings is 1. The van der Waals surface area contributed by atoms with Crippen LogP contribution < -0.4 is 0 Å². The molecule has 0 aromatic heterocycles. The third kappa shape index (κ3) is 5.54. The summed E-state index contributed by atoms with van der Waals surface area (Å²) in [5.74, 6) is 3.07. The standard InChI is InChI=1S/C37H53NO5/c1-23-11-14-32(38(21-23)35(41)42-22-26-9-7-6-8-10-26)24(2)34-33(40)20-31-29-13-12-27-19-28(43-25(3)39)15-17-36(27,4)30(29)16-18-37(31,34)5/h6-10,23-24,27-32,34H,11-22H2,1-5H3/t23?,24?,27?,28?,29-,30+,31+,32?,34?,36+,37+/m1/s1. The van der Waals surface area contributed by atoms with Gasteiger partial charge in [-0.3, -0.25) is 9.59 Å². The van der Waals surface area contributed by atoms with Crippen LogP contribution in [0, 0.1) is 52.3 Å². The molecular weight excluding hydrogens is 538 g/mol. The van der Waals surface area contributed by atoms with E-state index in [1.54, 1.807) is 0 Å². The van der Waals surface area contributed by atoms with Gasteiger partial charge < -0.3 is 14.4 Å². The Bertz CT molecular complexity index is 1200. The molecule has 1 aliphatic heterocycles. The van der Waals surface area contributed by atoms with Crippen LogP contribution in [-0.2, 0) is 25.7 Å². The van der Waals surface area contributed by atoms with Crippen molar-refractivity contribution in [1.29, 1.82) is 0 Å². The predicted octanol–water partition coefficient (Wildman–Crippen LogP) is 7.83. The van der Waals surface area contributed by atoms with E-state index in [1.165, 1.54) is 26.2 Å². The van der Waals surface area contributed by atoms with Crippen LogP contribution in [0.15, 0.2) is 30.3 Å². The third-order valence-corrected chi connectivity index (χ3v) is 13.3. The van der Waals surface area contributed by atoms with Crippen LogP contribution in [0.3, 0.4) is 0 Å². The molecule has 5 fully saturated rings. The number of esters is 1. The molecule has 43 heavy (non-hydrogen) atoms. The summed E-state index contributed by atoms with van der Waals surface area (Å²) in [6, 6.07) is 9.91. The number of hydrogen-bond acceptors (Lipinski definition) is 5. The quantitative estimate of drug-likeness (QED) is 0.326. The number of fused-ring (bicyclic) bond motifs is 5. The highest BCUT2D eigenvalue weighted by Gasteiger charge is 2.64. The molecule has 6 heteroatoms. The van der Waals surface area contributed by atoms with Crippen LogP contribution in [0.1, 0.15) is 104 Å². The number of carbonyl (C=O) groups excluding carboxylic acids is 3. The van der Waals surface area contributed by atoms with Gasteiger partial charge in [-0.15, -0.1) is 0 Å². The zero-order valence-corrected chi connectivity index (χ0v) is 27.1. The summed E-state index contributed by atoms with van der Waals surface area (Å²) in [6.45, 7) is 11.9. The molecule has 6 unspecified atom stereocenters. The van der Waals surface area contributed by atoms with Gasteiger partial charge in [0.05, 0.1) is 0 Å². The number of nitrogens with zero attached hydrogens (tertiary/aromatic N) is 1. The van der Waals surface area contributed by atoms with Gasteiger partial charge >= 0.3 is 12.1 Å². The highest BCUT2D eigenvalue weighted by atomic mass is 16.6. The molecule has 1 heterocycles. The first-order valence-corrected chi connectivity index (χ1v) is 17.2. The minimum Gasteiger partial charge on any atom is -0.463 e. The molecule has 6 nitrogen and oxygen atoms in total. The lowest BCUT2D eigenvalue weighted by Crippen LogP contribution is -2.56. The van der Waals surface area contributed by atoms with E-state index in [1.807, 2.05) is 35.2 Å². The smallest absolute Gasteiger partial charge is 0.410 e. The van der Waals surface area contributed by atoms with E-state index < -0.39 is 0 Å². The van der Waals surface area contributed by atoms with Crippen molar-refractivity contribution in [1.82, 2.24) is 4.90 Å². The average molecular weight is 592 g/mol. The predicted molar refractivity (Wildman–Crippen MR) is 166 cm³/mol. The normalized spacial score (nSPS) is 41.4. The Kier molecular flexibility index (Phi) is 8.45. The van der Waals surface area contributed by atoms with E-state index in [4.69, 9.17) is 9.47 Å². The second-order valence-electron chi connectivity index (χ2n) is 15.7. The lowest BCUT2D eigenvalue weighted by atomic mass is 9.44. The Labute approximate surface area is 258 Å². The van der Waals surface area contributed by atoms with Gasteiger partial charge in [0, 0.05) is 31.8 Å². The van der Waals surface area contributed by atoms with Gasteiger partial charge in [0.25, 0.3) is 0 Å². The molecule has 11 atom stereocenters. The van der Waals surface area contributed by atoms with Crippen LogP contribution in [-0.4, -0.2) is 41.4 Å². The topological polar surface area (TPSA) is 72.9 Å². The summed E-state index contributed by atoms with van der Waals surface area (Å²) in [5.41, 5.74) is 1.25. The van der Waals surface area contributed by atoms with Crippen molar-refractivity contribution in [3.63, 3.8) is 0 Å². The Morgan fingerprint density at radius 1 is 0.977 bits per heavy atom. The number of amides is 1. The molecule has 5 aliphatic rings. The van der Waals surface area contributed by atoms with E-state index >= 15 is 0 Å². The van der Waals surface area contributed by atoms with Gasteiger partial charge in [-0.1, -0.05) is 58.0 Å². The van der Waals surface area contributed by atoms with Gasteiger partial charge in [0.1, 0.15) is 18.5 Å². The summed E-state index contributed by atoms with van der Waals surface area (Å²) in [7, 11) is 0. The fraction of sp³-hybridized carbons (Fsp3) is 0.757. The van der Waals surface area contributed by atoms with Crippen LogP contribution in [0.2, 0.25) is 0 Å². The maximum atomic E-state index is 14.1. The number of benzene rings is 1. The zero-order chi connectivity index (χ0) is 30.5. The molecule has 4 saturated carbocycles. The van der Waals surface area contributed by atoms with Gasteiger partial charge in [0.2, 0.25) is 0 Å². The first-order chi connectivity index (χ1) is 20.5. The average Bonchev–Trinajstić information content (AvgIpc) is 3.25. The zero-order valence-electron chi connectivity index (χ0n) is 27.1. The Morgan fingerprint density at radius 3 is 2.47 bits per heavy atom. The van der Waals surface area contributed by atoms with Crippen LogP contribution in [0.25, 0.3) is 0 Å². The second-order valence-corrected chi connectivity index (χ2v) is 15.7. The molecule has 0 spiro atoms. The number of hydrogen-bond donors (Lipinski definition) is 0. The molecule has 1 aromatic rings. The van der Waals surface area contributed by atoms with E-state index in [2.05, 4.69) is 27.7 Å². The highest BCUT2D eigenvalue weighted by Crippen LogP contribution is 2.68. The summed E-state index contributed by atoms with van der Waals surface area (Å²) >= 11 is 0. The highest BCUT2D eigenvalue weighted by molar-refractivity contribution is 5.85. The van der Waals surface area contributed by atoms with Crippen molar-refractivity contribution in [2.45, 2.75) is 118 Å².